The smallest absolute Gasteiger partial charge is 0.260 e. The maximum absolute atomic E-state index is 13.5. The predicted octanol–water partition coefficient (Wildman–Crippen LogP) is 1.44. The van der Waals surface area contributed by atoms with Crippen LogP contribution in [0.3, 0.4) is 0 Å². The number of amides is 2. The number of rotatable bonds is 4. The standard InChI is InChI=1S/C18H23FN2O4/c19-14-5-1-2-6-15(14)25-13-17(22)20-8-4-9-21(11-10-20)18(23)16-7-3-12-24-16/h1-2,5-6,16H,3-4,7-13H2. The van der Waals surface area contributed by atoms with Crippen molar-refractivity contribution in [3.63, 3.8) is 0 Å². The third-order valence-corrected chi connectivity index (χ3v) is 4.55. The van der Waals surface area contributed by atoms with Gasteiger partial charge in [0.15, 0.2) is 18.2 Å². The molecule has 2 heterocycles. The average Bonchev–Trinajstić information content (AvgIpc) is 3.04. The van der Waals surface area contributed by atoms with E-state index in [1.165, 1.54) is 12.1 Å². The highest BCUT2D eigenvalue weighted by Crippen LogP contribution is 2.17. The Bertz CT molecular complexity index is 619. The number of carbonyl (C=O) groups excluding carboxylic acids is 2. The van der Waals surface area contributed by atoms with Crippen LogP contribution in [-0.2, 0) is 14.3 Å². The van der Waals surface area contributed by atoms with Crippen LogP contribution in [0.1, 0.15) is 19.3 Å². The molecule has 3 rings (SSSR count). The normalized spacial score (nSPS) is 21.1. The van der Waals surface area contributed by atoms with Crippen molar-refractivity contribution in [2.24, 2.45) is 0 Å². The summed E-state index contributed by atoms with van der Waals surface area (Å²) in [6, 6.07) is 6.01. The summed E-state index contributed by atoms with van der Waals surface area (Å²) in [7, 11) is 0. The number of hydrogen-bond donors (Lipinski definition) is 0. The van der Waals surface area contributed by atoms with Gasteiger partial charge in [0.05, 0.1) is 0 Å². The molecule has 1 unspecified atom stereocenters. The summed E-state index contributed by atoms with van der Waals surface area (Å²) >= 11 is 0. The lowest BCUT2D eigenvalue weighted by molar-refractivity contribution is -0.141. The molecule has 2 amide bonds. The molecule has 2 saturated heterocycles. The van der Waals surface area contributed by atoms with Gasteiger partial charge in [-0.15, -0.1) is 0 Å². The maximum atomic E-state index is 13.5. The van der Waals surface area contributed by atoms with E-state index in [0.29, 0.717) is 39.2 Å². The lowest BCUT2D eigenvalue weighted by Crippen LogP contribution is -2.42. The Morgan fingerprint density at radius 3 is 2.64 bits per heavy atom. The molecule has 0 radical (unpaired) electrons. The van der Waals surface area contributed by atoms with Crippen molar-refractivity contribution in [2.75, 3.05) is 39.4 Å². The van der Waals surface area contributed by atoms with Gasteiger partial charge in [-0.25, -0.2) is 4.39 Å². The molecule has 2 aliphatic rings. The first-order valence-electron chi connectivity index (χ1n) is 8.70. The number of ether oxygens (including phenoxy) is 2. The number of carbonyl (C=O) groups is 2. The molecule has 7 heteroatoms. The van der Waals surface area contributed by atoms with Gasteiger partial charge in [0.25, 0.3) is 11.8 Å². The lowest BCUT2D eigenvalue weighted by Gasteiger charge is -2.24. The minimum absolute atomic E-state index is 0.0226. The van der Waals surface area contributed by atoms with Gasteiger partial charge in [-0.2, -0.15) is 0 Å². The Kier molecular flexibility index (Phi) is 5.86. The van der Waals surface area contributed by atoms with Gasteiger partial charge in [-0.05, 0) is 31.4 Å². The average molecular weight is 350 g/mol. The summed E-state index contributed by atoms with van der Waals surface area (Å²) in [5.74, 6) is -0.593. The third kappa shape index (κ3) is 4.48. The molecule has 6 nitrogen and oxygen atoms in total. The van der Waals surface area contributed by atoms with Crippen molar-refractivity contribution in [3.8, 4) is 5.75 Å². The number of benzene rings is 1. The van der Waals surface area contributed by atoms with E-state index in [-0.39, 0.29) is 30.3 Å². The zero-order valence-electron chi connectivity index (χ0n) is 14.2. The molecule has 0 N–H and O–H groups in total. The van der Waals surface area contributed by atoms with Crippen LogP contribution in [-0.4, -0.2) is 67.1 Å². The van der Waals surface area contributed by atoms with Crippen LogP contribution in [0.4, 0.5) is 4.39 Å². The predicted molar refractivity (Wildman–Crippen MR) is 88.6 cm³/mol. The van der Waals surface area contributed by atoms with Crippen LogP contribution in [0, 0.1) is 5.82 Å². The zero-order valence-corrected chi connectivity index (χ0v) is 14.2. The molecule has 1 aromatic rings. The number of para-hydroxylation sites is 1. The fraction of sp³-hybridized carbons (Fsp3) is 0.556. The SMILES string of the molecule is O=C(COc1ccccc1F)N1CCCN(C(=O)C2CCCO2)CC1. The number of hydrogen-bond acceptors (Lipinski definition) is 4. The van der Waals surface area contributed by atoms with Gasteiger partial charge in [0.2, 0.25) is 0 Å². The van der Waals surface area contributed by atoms with E-state index in [1.807, 2.05) is 0 Å². The molecule has 0 spiro atoms. The van der Waals surface area contributed by atoms with Crippen molar-refractivity contribution in [1.82, 2.24) is 9.80 Å². The quantitative estimate of drug-likeness (QED) is 0.825. The zero-order chi connectivity index (χ0) is 17.6. The Hall–Kier alpha value is -2.15. The first kappa shape index (κ1) is 17.7. The first-order chi connectivity index (χ1) is 12.1. The van der Waals surface area contributed by atoms with Crippen LogP contribution in [0.25, 0.3) is 0 Å². The molecule has 2 fully saturated rings. The minimum atomic E-state index is -0.487. The van der Waals surface area contributed by atoms with Crippen molar-refractivity contribution < 1.29 is 23.5 Å². The summed E-state index contributed by atoms with van der Waals surface area (Å²) in [6.07, 6.45) is 2.08. The Balaban J connectivity index is 1.49. The molecule has 0 saturated carbocycles. The van der Waals surface area contributed by atoms with Crippen LogP contribution in [0.2, 0.25) is 0 Å². The molecular weight excluding hydrogens is 327 g/mol. The van der Waals surface area contributed by atoms with Gasteiger partial charge < -0.3 is 19.3 Å². The van der Waals surface area contributed by atoms with Gasteiger partial charge in [-0.1, -0.05) is 12.1 Å². The highest BCUT2D eigenvalue weighted by Gasteiger charge is 2.30. The van der Waals surface area contributed by atoms with E-state index in [1.54, 1.807) is 21.9 Å². The molecule has 0 aromatic heterocycles. The molecule has 2 aliphatic heterocycles. The van der Waals surface area contributed by atoms with E-state index in [9.17, 15) is 14.0 Å². The van der Waals surface area contributed by atoms with E-state index in [2.05, 4.69) is 0 Å². The molecule has 1 atom stereocenters. The largest absolute Gasteiger partial charge is 0.481 e. The van der Waals surface area contributed by atoms with Gasteiger partial charge in [-0.3, -0.25) is 9.59 Å². The molecule has 0 bridgehead atoms. The lowest BCUT2D eigenvalue weighted by atomic mass is 10.2. The first-order valence-corrected chi connectivity index (χ1v) is 8.70. The molecule has 25 heavy (non-hydrogen) atoms. The second-order valence-electron chi connectivity index (χ2n) is 6.28. The van der Waals surface area contributed by atoms with Crippen LogP contribution in [0.5, 0.6) is 5.75 Å². The van der Waals surface area contributed by atoms with E-state index >= 15 is 0 Å². The fourth-order valence-electron chi connectivity index (χ4n) is 3.16. The Labute approximate surface area is 146 Å². The van der Waals surface area contributed by atoms with Crippen molar-refractivity contribution in [1.29, 1.82) is 0 Å². The highest BCUT2D eigenvalue weighted by molar-refractivity contribution is 5.81. The minimum Gasteiger partial charge on any atom is -0.481 e. The second-order valence-corrected chi connectivity index (χ2v) is 6.28. The summed E-state index contributed by atoms with van der Waals surface area (Å²) < 4.78 is 24.3. The summed E-state index contributed by atoms with van der Waals surface area (Å²) in [5.41, 5.74) is 0. The molecule has 0 aliphatic carbocycles. The van der Waals surface area contributed by atoms with Gasteiger partial charge in [0.1, 0.15) is 6.10 Å². The Morgan fingerprint density at radius 2 is 1.88 bits per heavy atom. The van der Waals surface area contributed by atoms with Crippen LogP contribution >= 0.6 is 0 Å². The van der Waals surface area contributed by atoms with Crippen LogP contribution in [0.15, 0.2) is 24.3 Å². The van der Waals surface area contributed by atoms with E-state index in [4.69, 9.17) is 9.47 Å². The highest BCUT2D eigenvalue weighted by atomic mass is 19.1. The van der Waals surface area contributed by atoms with Crippen LogP contribution < -0.4 is 4.74 Å². The maximum Gasteiger partial charge on any atom is 0.260 e. The van der Waals surface area contributed by atoms with Crippen molar-refractivity contribution in [2.45, 2.75) is 25.4 Å². The van der Waals surface area contributed by atoms with Gasteiger partial charge in [0, 0.05) is 32.8 Å². The van der Waals surface area contributed by atoms with Crippen molar-refractivity contribution >= 4 is 11.8 Å². The van der Waals surface area contributed by atoms with E-state index < -0.39 is 5.82 Å². The van der Waals surface area contributed by atoms with E-state index in [0.717, 1.165) is 12.8 Å². The monoisotopic (exact) mass is 350 g/mol. The second kappa shape index (κ2) is 8.29. The summed E-state index contributed by atoms with van der Waals surface area (Å²) in [5, 5.41) is 0. The topological polar surface area (TPSA) is 59.1 Å². The summed E-state index contributed by atoms with van der Waals surface area (Å²) in [6.45, 7) is 2.57. The number of nitrogens with zero attached hydrogens (tertiary/aromatic N) is 2. The molecular formula is C18H23FN2O4. The third-order valence-electron chi connectivity index (χ3n) is 4.55. The molecule has 136 valence electrons. The Morgan fingerprint density at radius 1 is 1.12 bits per heavy atom. The molecule has 1 aromatic carbocycles. The van der Waals surface area contributed by atoms with Gasteiger partial charge >= 0.3 is 0 Å². The fourth-order valence-corrected chi connectivity index (χ4v) is 3.16. The number of halogens is 1. The van der Waals surface area contributed by atoms with Crippen molar-refractivity contribution in [3.05, 3.63) is 30.1 Å². The summed E-state index contributed by atoms with van der Waals surface area (Å²) in [4.78, 5) is 28.2.